The van der Waals surface area contributed by atoms with Gasteiger partial charge in [0.15, 0.2) is 0 Å². The molecule has 2 rings (SSSR count). The van der Waals surface area contributed by atoms with Gasteiger partial charge >= 0.3 is 5.97 Å². The van der Waals surface area contributed by atoms with Crippen molar-refractivity contribution in [3.05, 3.63) is 69.7 Å². The van der Waals surface area contributed by atoms with E-state index in [0.29, 0.717) is 16.8 Å². The maximum Gasteiger partial charge on any atom is 0.328 e. The minimum absolute atomic E-state index is 0.164. The second-order valence-electron chi connectivity index (χ2n) is 4.56. The standard InChI is InChI=1S/C15H13FN2O3/c1-10-4-14(19)18(9-17-10)8-12-5-11(2-3-15(20)21)6-13(16)7-12/h2-7,9H,8H2,1H3,(H,20,21). The fourth-order valence-electron chi connectivity index (χ4n) is 1.86. The first-order chi connectivity index (χ1) is 9.94. The highest BCUT2D eigenvalue weighted by Crippen LogP contribution is 2.12. The maximum atomic E-state index is 13.5. The molecule has 108 valence electrons. The molecule has 1 aromatic carbocycles. The number of hydrogen-bond donors (Lipinski definition) is 1. The molecule has 0 saturated carbocycles. The van der Waals surface area contributed by atoms with E-state index >= 15 is 0 Å². The lowest BCUT2D eigenvalue weighted by atomic mass is 10.1. The van der Waals surface area contributed by atoms with Crippen molar-refractivity contribution < 1.29 is 14.3 Å². The van der Waals surface area contributed by atoms with Gasteiger partial charge in [0.1, 0.15) is 5.82 Å². The van der Waals surface area contributed by atoms with Crippen molar-refractivity contribution in [3.8, 4) is 0 Å². The van der Waals surface area contributed by atoms with E-state index in [1.54, 1.807) is 13.0 Å². The molecule has 6 heteroatoms. The molecule has 0 aliphatic rings. The Balaban J connectivity index is 2.31. The van der Waals surface area contributed by atoms with E-state index in [1.807, 2.05) is 0 Å². The largest absolute Gasteiger partial charge is 0.478 e. The molecule has 0 aliphatic heterocycles. The summed E-state index contributed by atoms with van der Waals surface area (Å²) in [6.45, 7) is 1.88. The van der Waals surface area contributed by atoms with Crippen molar-refractivity contribution in [3.63, 3.8) is 0 Å². The van der Waals surface area contributed by atoms with Crippen LogP contribution in [0.25, 0.3) is 6.08 Å². The Morgan fingerprint density at radius 3 is 2.81 bits per heavy atom. The van der Waals surface area contributed by atoms with Crippen LogP contribution in [-0.2, 0) is 11.3 Å². The first-order valence-corrected chi connectivity index (χ1v) is 6.17. The molecule has 0 spiro atoms. The van der Waals surface area contributed by atoms with Crippen molar-refractivity contribution in [1.82, 2.24) is 9.55 Å². The Bertz CT molecular complexity index is 766. The number of hydrogen-bond acceptors (Lipinski definition) is 3. The van der Waals surface area contributed by atoms with Crippen LogP contribution in [0.4, 0.5) is 4.39 Å². The topological polar surface area (TPSA) is 72.2 Å². The Morgan fingerprint density at radius 2 is 2.14 bits per heavy atom. The van der Waals surface area contributed by atoms with Crippen molar-refractivity contribution in [2.75, 3.05) is 0 Å². The molecule has 2 aromatic rings. The van der Waals surface area contributed by atoms with Crippen molar-refractivity contribution >= 4 is 12.0 Å². The zero-order chi connectivity index (χ0) is 15.4. The van der Waals surface area contributed by atoms with Crippen LogP contribution in [0, 0.1) is 12.7 Å². The third kappa shape index (κ3) is 4.10. The molecule has 21 heavy (non-hydrogen) atoms. The Hall–Kier alpha value is -2.76. The van der Waals surface area contributed by atoms with Crippen LogP contribution >= 0.6 is 0 Å². The minimum atomic E-state index is -1.11. The average molecular weight is 288 g/mol. The van der Waals surface area contributed by atoms with Crippen molar-refractivity contribution in [2.45, 2.75) is 13.5 Å². The van der Waals surface area contributed by atoms with Gasteiger partial charge in [-0.1, -0.05) is 0 Å². The monoisotopic (exact) mass is 288 g/mol. The Labute approximate surface area is 120 Å². The smallest absolute Gasteiger partial charge is 0.328 e. The number of benzene rings is 1. The third-order valence-corrected chi connectivity index (χ3v) is 2.77. The second-order valence-corrected chi connectivity index (χ2v) is 4.56. The van der Waals surface area contributed by atoms with Crippen LogP contribution in [0.3, 0.4) is 0 Å². The fourth-order valence-corrected chi connectivity index (χ4v) is 1.86. The molecule has 0 aliphatic carbocycles. The Kier molecular flexibility index (Phi) is 4.27. The Morgan fingerprint density at radius 1 is 1.38 bits per heavy atom. The highest BCUT2D eigenvalue weighted by molar-refractivity contribution is 5.85. The number of aryl methyl sites for hydroxylation is 1. The van der Waals surface area contributed by atoms with Crippen LogP contribution in [0.15, 0.2) is 41.5 Å². The lowest BCUT2D eigenvalue weighted by Crippen LogP contribution is -2.20. The molecule has 5 nitrogen and oxygen atoms in total. The van der Waals surface area contributed by atoms with E-state index in [2.05, 4.69) is 4.98 Å². The first-order valence-electron chi connectivity index (χ1n) is 6.17. The summed E-state index contributed by atoms with van der Waals surface area (Å²) in [5.74, 6) is -1.61. The van der Waals surface area contributed by atoms with Gasteiger partial charge in [-0.3, -0.25) is 9.36 Å². The molecule has 1 heterocycles. The summed E-state index contributed by atoms with van der Waals surface area (Å²) in [5.41, 5.74) is 1.35. The van der Waals surface area contributed by atoms with Gasteiger partial charge in [0.05, 0.1) is 12.9 Å². The number of carboxylic acid groups (broad SMARTS) is 1. The second kappa shape index (κ2) is 6.13. The van der Waals surface area contributed by atoms with Crippen molar-refractivity contribution in [1.29, 1.82) is 0 Å². The van der Waals surface area contributed by atoms with Gasteiger partial charge in [0, 0.05) is 17.8 Å². The number of halogens is 1. The predicted octanol–water partition coefficient (Wildman–Crippen LogP) is 1.84. The summed E-state index contributed by atoms with van der Waals surface area (Å²) >= 11 is 0. The van der Waals surface area contributed by atoms with Crippen LogP contribution in [0.5, 0.6) is 0 Å². The maximum absolute atomic E-state index is 13.5. The zero-order valence-electron chi connectivity index (χ0n) is 11.3. The minimum Gasteiger partial charge on any atom is -0.478 e. The molecule has 0 fully saturated rings. The highest BCUT2D eigenvalue weighted by Gasteiger charge is 2.03. The van der Waals surface area contributed by atoms with Crippen LogP contribution in [0.2, 0.25) is 0 Å². The number of aromatic nitrogens is 2. The molecule has 0 amide bonds. The SMILES string of the molecule is Cc1cc(=O)n(Cc2cc(F)cc(C=CC(=O)O)c2)cn1. The fraction of sp³-hybridized carbons (Fsp3) is 0.133. The number of rotatable bonds is 4. The van der Waals surface area contributed by atoms with Crippen molar-refractivity contribution in [2.24, 2.45) is 0 Å². The van der Waals surface area contributed by atoms with Gasteiger partial charge < -0.3 is 5.11 Å². The third-order valence-electron chi connectivity index (χ3n) is 2.77. The molecule has 0 radical (unpaired) electrons. The van der Waals surface area contributed by atoms with Crippen LogP contribution < -0.4 is 5.56 Å². The number of carbonyl (C=O) groups is 1. The van der Waals surface area contributed by atoms with Gasteiger partial charge in [-0.2, -0.15) is 0 Å². The van der Waals surface area contributed by atoms with Gasteiger partial charge in [-0.25, -0.2) is 14.2 Å². The van der Waals surface area contributed by atoms with Gasteiger partial charge in [-0.05, 0) is 42.3 Å². The van der Waals surface area contributed by atoms with Gasteiger partial charge in [0.25, 0.3) is 5.56 Å². The number of aliphatic carboxylic acids is 1. The van der Waals surface area contributed by atoms with Gasteiger partial charge in [-0.15, -0.1) is 0 Å². The molecule has 0 atom stereocenters. The lowest BCUT2D eigenvalue weighted by molar-refractivity contribution is -0.131. The molecule has 1 aromatic heterocycles. The van der Waals surface area contributed by atoms with E-state index in [-0.39, 0.29) is 12.1 Å². The highest BCUT2D eigenvalue weighted by atomic mass is 19.1. The van der Waals surface area contributed by atoms with E-state index in [1.165, 1.54) is 35.2 Å². The summed E-state index contributed by atoms with van der Waals surface area (Å²) < 4.78 is 14.9. The van der Waals surface area contributed by atoms with E-state index < -0.39 is 11.8 Å². The molecule has 1 N–H and O–H groups in total. The zero-order valence-corrected chi connectivity index (χ0v) is 11.3. The molecule has 0 bridgehead atoms. The first kappa shape index (κ1) is 14.6. The van der Waals surface area contributed by atoms with Gasteiger partial charge in [0.2, 0.25) is 0 Å². The molecular formula is C15H13FN2O3. The lowest BCUT2D eigenvalue weighted by Gasteiger charge is -2.07. The van der Waals surface area contributed by atoms with E-state index in [4.69, 9.17) is 5.11 Å². The summed E-state index contributed by atoms with van der Waals surface area (Å²) in [6, 6.07) is 5.53. The number of nitrogens with zero attached hydrogens (tertiary/aromatic N) is 2. The summed E-state index contributed by atoms with van der Waals surface area (Å²) in [4.78, 5) is 26.3. The average Bonchev–Trinajstić information content (AvgIpc) is 2.39. The summed E-state index contributed by atoms with van der Waals surface area (Å²) in [7, 11) is 0. The molecule has 0 saturated heterocycles. The van der Waals surface area contributed by atoms with E-state index in [0.717, 1.165) is 6.08 Å². The molecule has 0 unspecified atom stereocenters. The summed E-state index contributed by atoms with van der Waals surface area (Å²) in [5, 5.41) is 8.58. The number of carboxylic acids is 1. The van der Waals surface area contributed by atoms with Crippen LogP contribution in [-0.4, -0.2) is 20.6 Å². The van der Waals surface area contributed by atoms with Crippen LogP contribution in [0.1, 0.15) is 16.8 Å². The summed E-state index contributed by atoms with van der Waals surface area (Å²) in [6.07, 6.45) is 3.62. The normalized spacial score (nSPS) is 11.0. The molecular weight excluding hydrogens is 275 g/mol. The van der Waals surface area contributed by atoms with E-state index in [9.17, 15) is 14.0 Å². The predicted molar refractivity (Wildman–Crippen MR) is 75.4 cm³/mol. The quantitative estimate of drug-likeness (QED) is 0.871.